The van der Waals surface area contributed by atoms with Crippen LogP contribution in [-0.4, -0.2) is 57.7 Å². The Morgan fingerprint density at radius 1 is 1.00 bits per heavy atom. The zero-order valence-corrected chi connectivity index (χ0v) is 18.5. The minimum atomic E-state index is -0.0271. The summed E-state index contributed by atoms with van der Waals surface area (Å²) in [5.41, 5.74) is 4.49. The number of fused-ring (bicyclic) bond motifs is 1. The fourth-order valence-corrected chi connectivity index (χ4v) is 4.64. The van der Waals surface area contributed by atoms with Gasteiger partial charge in [0.25, 0.3) is 0 Å². The summed E-state index contributed by atoms with van der Waals surface area (Å²) in [7, 11) is 1.96. The molecule has 166 valence electrons. The molecular weight excluding hydrogens is 390 g/mol. The Labute approximate surface area is 184 Å². The molecule has 0 saturated carbocycles. The van der Waals surface area contributed by atoms with E-state index in [0.717, 1.165) is 50.0 Å². The molecule has 1 N–H and O–H groups in total. The third kappa shape index (κ3) is 5.27. The van der Waals surface area contributed by atoms with Crippen molar-refractivity contribution < 1.29 is 9.59 Å². The van der Waals surface area contributed by atoms with Crippen molar-refractivity contribution in [3.05, 3.63) is 52.8 Å². The van der Waals surface area contributed by atoms with Crippen LogP contribution < -0.4 is 5.32 Å². The molecule has 0 unspecified atom stereocenters. The first-order valence-electron chi connectivity index (χ1n) is 11.5. The van der Waals surface area contributed by atoms with Gasteiger partial charge in [0, 0.05) is 63.7 Å². The lowest BCUT2D eigenvalue weighted by atomic mass is 10.0. The highest BCUT2D eigenvalue weighted by molar-refractivity contribution is 5.76. The first-order chi connectivity index (χ1) is 15.1. The molecule has 31 heavy (non-hydrogen) atoms. The second kappa shape index (κ2) is 9.98. The molecule has 2 aromatic rings. The number of piperidine rings is 1. The van der Waals surface area contributed by atoms with Crippen LogP contribution in [0, 0.1) is 0 Å². The third-order valence-electron chi connectivity index (χ3n) is 6.43. The second-order valence-electron chi connectivity index (χ2n) is 8.58. The van der Waals surface area contributed by atoms with E-state index in [1.807, 2.05) is 39.7 Å². The predicted octanol–water partition coefficient (Wildman–Crippen LogP) is 2.68. The van der Waals surface area contributed by atoms with E-state index in [4.69, 9.17) is 5.10 Å². The first kappa shape index (κ1) is 21.4. The van der Waals surface area contributed by atoms with Crippen LogP contribution >= 0.6 is 0 Å². The van der Waals surface area contributed by atoms with Gasteiger partial charge in [-0.1, -0.05) is 30.3 Å². The van der Waals surface area contributed by atoms with Gasteiger partial charge in [0.15, 0.2) is 0 Å². The second-order valence-corrected chi connectivity index (χ2v) is 8.58. The van der Waals surface area contributed by atoms with E-state index in [-0.39, 0.29) is 11.9 Å². The molecule has 3 amide bonds. The van der Waals surface area contributed by atoms with Crippen LogP contribution in [0.3, 0.4) is 0 Å². The fraction of sp³-hybridized carbons (Fsp3) is 0.542. The summed E-state index contributed by atoms with van der Waals surface area (Å²) in [5.74, 6) is 0.227. The molecule has 0 aliphatic carbocycles. The number of amides is 3. The van der Waals surface area contributed by atoms with E-state index < -0.39 is 0 Å². The van der Waals surface area contributed by atoms with Gasteiger partial charge < -0.3 is 15.1 Å². The Kier molecular flexibility index (Phi) is 6.89. The summed E-state index contributed by atoms with van der Waals surface area (Å²) in [6.07, 6.45) is 6.20. The Morgan fingerprint density at radius 2 is 1.77 bits per heavy atom. The van der Waals surface area contributed by atoms with Crippen LogP contribution in [0.4, 0.5) is 4.79 Å². The third-order valence-corrected chi connectivity index (χ3v) is 6.43. The summed E-state index contributed by atoms with van der Waals surface area (Å²) in [5, 5.41) is 7.74. The smallest absolute Gasteiger partial charge is 0.317 e. The van der Waals surface area contributed by atoms with E-state index in [1.165, 1.54) is 17.7 Å². The highest BCUT2D eigenvalue weighted by atomic mass is 16.2. The number of hydrogen-bond donors (Lipinski definition) is 1. The number of aromatic nitrogens is 2. The van der Waals surface area contributed by atoms with Crippen molar-refractivity contribution in [1.82, 2.24) is 24.9 Å². The van der Waals surface area contributed by atoms with Crippen molar-refractivity contribution in [2.75, 3.05) is 26.2 Å². The zero-order chi connectivity index (χ0) is 21.6. The summed E-state index contributed by atoms with van der Waals surface area (Å²) in [6, 6.07) is 10.2. The Morgan fingerprint density at radius 3 is 2.55 bits per heavy atom. The van der Waals surface area contributed by atoms with Gasteiger partial charge in [0.1, 0.15) is 0 Å². The number of urea groups is 1. The van der Waals surface area contributed by atoms with Gasteiger partial charge >= 0.3 is 6.03 Å². The molecule has 7 heteroatoms. The Balaban J connectivity index is 1.32. The van der Waals surface area contributed by atoms with Crippen LogP contribution in [0.25, 0.3) is 0 Å². The van der Waals surface area contributed by atoms with Crippen molar-refractivity contribution >= 4 is 11.9 Å². The monoisotopic (exact) mass is 423 g/mol. The van der Waals surface area contributed by atoms with E-state index in [2.05, 4.69) is 17.4 Å². The molecule has 1 saturated heterocycles. The number of nitrogens with zero attached hydrogens (tertiary/aromatic N) is 4. The van der Waals surface area contributed by atoms with Crippen molar-refractivity contribution in [1.29, 1.82) is 0 Å². The van der Waals surface area contributed by atoms with Crippen molar-refractivity contribution in [2.45, 2.75) is 51.5 Å². The summed E-state index contributed by atoms with van der Waals surface area (Å²) < 4.78 is 1.93. The van der Waals surface area contributed by atoms with Gasteiger partial charge in [0.05, 0.1) is 12.2 Å². The van der Waals surface area contributed by atoms with E-state index in [0.29, 0.717) is 32.5 Å². The van der Waals surface area contributed by atoms with E-state index in [1.54, 1.807) is 0 Å². The zero-order valence-electron chi connectivity index (χ0n) is 18.5. The maximum absolute atomic E-state index is 12.7. The summed E-state index contributed by atoms with van der Waals surface area (Å²) in [4.78, 5) is 29.1. The standard InChI is InChI=1S/C24H33N5O2/c1-27-22-13-17-29(24(31)25-14-12-19-8-4-2-5-9-19)18-20(22)21(26-27)10-11-23(30)28-15-6-3-7-16-28/h2,4-5,8-9H,3,6-7,10-18H2,1H3,(H,25,31). The van der Waals surface area contributed by atoms with Gasteiger partial charge in [-0.2, -0.15) is 5.10 Å². The highest BCUT2D eigenvalue weighted by Gasteiger charge is 2.27. The highest BCUT2D eigenvalue weighted by Crippen LogP contribution is 2.23. The van der Waals surface area contributed by atoms with Gasteiger partial charge in [0.2, 0.25) is 5.91 Å². The van der Waals surface area contributed by atoms with Crippen molar-refractivity contribution in [3.63, 3.8) is 0 Å². The molecule has 0 atom stereocenters. The number of hydrogen-bond acceptors (Lipinski definition) is 3. The quantitative estimate of drug-likeness (QED) is 0.777. The number of nitrogens with one attached hydrogen (secondary N) is 1. The molecule has 2 aliphatic heterocycles. The normalized spacial score (nSPS) is 16.2. The maximum atomic E-state index is 12.7. The fourth-order valence-electron chi connectivity index (χ4n) is 4.64. The number of likely N-dealkylation sites (tertiary alicyclic amines) is 1. The molecule has 0 spiro atoms. The van der Waals surface area contributed by atoms with Crippen LogP contribution in [0.1, 0.15) is 48.2 Å². The summed E-state index contributed by atoms with van der Waals surface area (Å²) in [6.45, 7) is 3.64. The number of carbonyl (C=O) groups is 2. The minimum absolute atomic E-state index is 0.0271. The predicted molar refractivity (Wildman–Crippen MR) is 120 cm³/mol. The van der Waals surface area contributed by atoms with Gasteiger partial charge in [-0.05, 0) is 31.2 Å². The number of rotatable bonds is 6. The molecule has 1 aromatic carbocycles. The molecule has 7 nitrogen and oxygen atoms in total. The molecule has 4 rings (SSSR count). The van der Waals surface area contributed by atoms with Crippen LogP contribution in [0.2, 0.25) is 0 Å². The SMILES string of the molecule is Cn1nc(CCC(=O)N2CCCCC2)c2c1CCN(C(=O)NCCc1ccccc1)C2. The van der Waals surface area contributed by atoms with Crippen LogP contribution in [0.5, 0.6) is 0 Å². The van der Waals surface area contributed by atoms with Gasteiger partial charge in [-0.25, -0.2) is 4.79 Å². The van der Waals surface area contributed by atoms with E-state index >= 15 is 0 Å². The molecule has 0 radical (unpaired) electrons. The molecule has 0 bridgehead atoms. The average Bonchev–Trinajstić information content (AvgIpc) is 3.13. The number of benzene rings is 1. The minimum Gasteiger partial charge on any atom is -0.343 e. The molecule has 3 heterocycles. The Hall–Kier alpha value is -2.83. The average molecular weight is 424 g/mol. The van der Waals surface area contributed by atoms with Crippen molar-refractivity contribution in [3.8, 4) is 0 Å². The van der Waals surface area contributed by atoms with Crippen molar-refractivity contribution in [2.24, 2.45) is 7.05 Å². The summed E-state index contributed by atoms with van der Waals surface area (Å²) >= 11 is 0. The maximum Gasteiger partial charge on any atom is 0.317 e. The van der Waals surface area contributed by atoms with Gasteiger partial charge in [-0.15, -0.1) is 0 Å². The first-order valence-corrected chi connectivity index (χ1v) is 11.5. The molecule has 1 fully saturated rings. The molecule has 2 aliphatic rings. The molecular formula is C24H33N5O2. The lowest BCUT2D eigenvalue weighted by Gasteiger charge is -2.28. The Bertz CT molecular complexity index is 902. The lowest BCUT2D eigenvalue weighted by Crippen LogP contribution is -2.43. The van der Waals surface area contributed by atoms with Crippen LogP contribution in [-0.2, 0) is 37.6 Å². The number of aryl methyl sites for hydroxylation is 2. The molecule has 1 aromatic heterocycles. The topological polar surface area (TPSA) is 70.5 Å². The number of carbonyl (C=O) groups excluding carboxylic acids is 2. The van der Waals surface area contributed by atoms with Crippen LogP contribution in [0.15, 0.2) is 30.3 Å². The largest absolute Gasteiger partial charge is 0.343 e. The van der Waals surface area contributed by atoms with Gasteiger partial charge in [-0.3, -0.25) is 9.48 Å². The lowest BCUT2D eigenvalue weighted by molar-refractivity contribution is -0.132. The van der Waals surface area contributed by atoms with E-state index in [9.17, 15) is 9.59 Å².